The highest BCUT2D eigenvalue weighted by Crippen LogP contribution is 2.26. The first kappa shape index (κ1) is 18.9. The molecule has 0 spiro atoms. The zero-order chi connectivity index (χ0) is 18.5. The molecule has 1 aromatic carbocycles. The maximum atomic E-state index is 13.0. The van der Waals surface area contributed by atoms with Crippen molar-refractivity contribution in [1.29, 1.82) is 0 Å². The third-order valence-electron chi connectivity index (χ3n) is 5.74. The summed E-state index contributed by atoms with van der Waals surface area (Å²) in [6.07, 6.45) is 3.32. The van der Waals surface area contributed by atoms with Gasteiger partial charge in [-0.3, -0.25) is 9.59 Å². The molecule has 2 atom stereocenters. The Morgan fingerprint density at radius 1 is 1.04 bits per heavy atom. The fraction of sp³-hybridized carbons (Fsp3) is 0.619. The standard InChI is InChI=1S/C21H30N2O3/c1-16-10-13-22(14-11-16)20(24)18-9-6-12-23(15-18)21(25)19(26-2)17-7-4-3-5-8-17/h3-5,7-8,16,18-19H,6,9-15H2,1-2H3/t18-,19-/m1/s1. The molecule has 0 unspecified atom stereocenters. The van der Waals surface area contributed by atoms with E-state index in [1.165, 1.54) is 0 Å². The van der Waals surface area contributed by atoms with Crippen LogP contribution in [0.3, 0.4) is 0 Å². The number of carbonyl (C=O) groups excluding carboxylic acids is 2. The number of hydrogen-bond acceptors (Lipinski definition) is 3. The van der Waals surface area contributed by atoms with Crippen LogP contribution < -0.4 is 0 Å². The van der Waals surface area contributed by atoms with E-state index in [1.54, 1.807) is 7.11 Å². The van der Waals surface area contributed by atoms with Crippen molar-refractivity contribution in [1.82, 2.24) is 9.80 Å². The molecule has 0 aliphatic carbocycles. The fourth-order valence-electron chi connectivity index (χ4n) is 4.04. The van der Waals surface area contributed by atoms with Gasteiger partial charge in [0.2, 0.25) is 5.91 Å². The number of amides is 2. The van der Waals surface area contributed by atoms with Crippen molar-refractivity contribution in [2.75, 3.05) is 33.3 Å². The molecule has 2 saturated heterocycles. The normalized spacial score (nSPS) is 22.9. The highest BCUT2D eigenvalue weighted by molar-refractivity contribution is 5.84. The molecular formula is C21H30N2O3. The average molecular weight is 358 g/mol. The Labute approximate surface area is 156 Å². The van der Waals surface area contributed by atoms with Crippen LogP contribution in [-0.2, 0) is 14.3 Å². The number of rotatable bonds is 4. The zero-order valence-electron chi connectivity index (χ0n) is 15.9. The maximum absolute atomic E-state index is 13.0. The predicted octanol–water partition coefficient (Wildman–Crippen LogP) is 2.87. The number of methoxy groups -OCH3 is 1. The SMILES string of the molecule is CO[C@@H](C(=O)N1CCC[C@@H](C(=O)N2CCC(C)CC2)C1)c1ccccc1. The molecule has 2 aliphatic rings. The number of ether oxygens (including phenoxy) is 1. The number of likely N-dealkylation sites (tertiary alicyclic amines) is 2. The van der Waals surface area contributed by atoms with Gasteiger partial charge in [-0.1, -0.05) is 37.3 Å². The summed E-state index contributed by atoms with van der Waals surface area (Å²) in [4.78, 5) is 29.7. The van der Waals surface area contributed by atoms with Crippen molar-refractivity contribution in [3.8, 4) is 0 Å². The van der Waals surface area contributed by atoms with E-state index in [-0.39, 0.29) is 17.7 Å². The van der Waals surface area contributed by atoms with Gasteiger partial charge in [-0.25, -0.2) is 0 Å². The number of benzene rings is 1. The molecule has 2 fully saturated rings. The summed E-state index contributed by atoms with van der Waals surface area (Å²) in [5, 5.41) is 0. The first-order valence-electron chi connectivity index (χ1n) is 9.75. The number of nitrogens with zero attached hydrogens (tertiary/aromatic N) is 2. The first-order chi connectivity index (χ1) is 12.6. The lowest BCUT2D eigenvalue weighted by molar-refractivity contribution is -0.147. The molecular weight excluding hydrogens is 328 g/mol. The van der Waals surface area contributed by atoms with Gasteiger partial charge in [0.05, 0.1) is 5.92 Å². The smallest absolute Gasteiger partial charge is 0.256 e. The third kappa shape index (κ3) is 4.26. The number of hydrogen-bond donors (Lipinski definition) is 0. The van der Waals surface area contributed by atoms with Crippen LogP contribution in [0.5, 0.6) is 0 Å². The van der Waals surface area contributed by atoms with Crippen molar-refractivity contribution in [3.63, 3.8) is 0 Å². The van der Waals surface area contributed by atoms with E-state index < -0.39 is 6.10 Å². The minimum Gasteiger partial charge on any atom is -0.367 e. The van der Waals surface area contributed by atoms with E-state index >= 15 is 0 Å². The second kappa shape index (κ2) is 8.67. The zero-order valence-corrected chi connectivity index (χ0v) is 15.9. The first-order valence-corrected chi connectivity index (χ1v) is 9.75. The molecule has 142 valence electrons. The van der Waals surface area contributed by atoms with Crippen molar-refractivity contribution < 1.29 is 14.3 Å². The van der Waals surface area contributed by atoms with Gasteiger partial charge in [-0.2, -0.15) is 0 Å². The van der Waals surface area contributed by atoms with Gasteiger partial charge in [0.25, 0.3) is 5.91 Å². The summed E-state index contributed by atoms with van der Waals surface area (Å²) in [5.74, 6) is 0.817. The molecule has 3 rings (SSSR count). The van der Waals surface area contributed by atoms with Crippen LogP contribution in [0.4, 0.5) is 0 Å². The van der Waals surface area contributed by atoms with Gasteiger partial charge in [0.1, 0.15) is 0 Å². The lowest BCUT2D eigenvalue weighted by Crippen LogP contribution is -2.49. The van der Waals surface area contributed by atoms with Crippen molar-refractivity contribution >= 4 is 11.8 Å². The van der Waals surface area contributed by atoms with Gasteiger partial charge in [-0.15, -0.1) is 0 Å². The summed E-state index contributed by atoms with van der Waals surface area (Å²) in [6.45, 7) is 5.17. The lowest BCUT2D eigenvalue weighted by atomic mass is 9.93. The van der Waals surface area contributed by atoms with Gasteiger partial charge in [0, 0.05) is 33.3 Å². The number of piperidine rings is 2. The van der Waals surface area contributed by atoms with Gasteiger partial charge in [0.15, 0.2) is 6.10 Å². The Kier molecular flexibility index (Phi) is 6.30. The molecule has 0 saturated carbocycles. The van der Waals surface area contributed by atoms with Crippen molar-refractivity contribution in [2.45, 2.75) is 38.7 Å². The Balaban J connectivity index is 1.64. The van der Waals surface area contributed by atoms with E-state index in [1.807, 2.05) is 40.1 Å². The van der Waals surface area contributed by atoms with Crippen LogP contribution in [0.25, 0.3) is 0 Å². The Morgan fingerprint density at radius 2 is 1.73 bits per heavy atom. The molecule has 5 nitrogen and oxygen atoms in total. The van der Waals surface area contributed by atoms with Crippen LogP contribution in [0, 0.1) is 11.8 Å². The predicted molar refractivity (Wildman–Crippen MR) is 100 cm³/mol. The monoisotopic (exact) mass is 358 g/mol. The van der Waals surface area contributed by atoms with Crippen molar-refractivity contribution in [3.05, 3.63) is 35.9 Å². The molecule has 2 heterocycles. The largest absolute Gasteiger partial charge is 0.367 e. The van der Waals surface area contributed by atoms with E-state index in [0.29, 0.717) is 19.0 Å². The summed E-state index contributed by atoms with van der Waals surface area (Å²) in [5.41, 5.74) is 0.860. The second-order valence-corrected chi connectivity index (χ2v) is 7.66. The Hall–Kier alpha value is -1.88. The average Bonchev–Trinajstić information content (AvgIpc) is 2.69. The van der Waals surface area contributed by atoms with Gasteiger partial charge >= 0.3 is 0 Å². The summed E-state index contributed by atoms with van der Waals surface area (Å²) >= 11 is 0. The number of carbonyl (C=O) groups is 2. The summed E-state index contributed by atoms with van der Waals surface area (Å²) in [7, 11) is 1.57. The molecule has 2 aliphatic heterocycles. The molecule has 2 amide bonds. The maximum Gasteiger partial charge on any atom is 0.256 e. The highest BCUT2D eigenvalue weighted by atomic mass is 16.5. The highest BCUT2D eigenvalue weighted by Gasteiger charge is 2.34. The fourth-order valence-corrected chi connectivity index (χ4v) is 4.04. The molecule has 0 radical (unpaired) electrons. The van der Waals surface area contributed by atoms with Crippen LogP contribution in [0.1, 0.15) is 44.3 Å². The quantitative estimate of drug-likeness (QED) is 0.832. The molecule has 1 aromatic rings. The lowest BCUT2D eigenvalue weighted by Gasteiger charge is -2.38. The minimum atomic E-state index is -0.596. The molecule has 0 bridgehead atoms. The molecule has 0 aromatic heterocycles. The van der Waals surface area contributed by atoms with E-state index in [4.69, 9.17) is 4.74 Å². The van der Waals surface area contributed by atoms with E-state index in [2.05, 4.69) is 6.92 Å². The van der Waals surface area contributed by atoms with Crippen LogP contribution in [0.15, 0.2) is 30.3 Å². The van der Waals surface area contributed by atoms with Crippen LogP contribution in [-0.4, -0.2) is 54.9 Å². The molecule has 26 heavy (non-hydrogen) atoms. The molecule has 5 heteroatoms. The Morgan fingerprint density at radius 3 is 2.38 bits per heavy atom. The van der Waals surface area contributed by atoms with Gasteiger partial charge in [-0.05, 0) is 37.2 Å². The molecule has 0 N–H and O–H groups in total. The third-order valence-corrected chi connectivity index (χ3v) is 5.74. The second-order valence-electron chi connectivity index (χ2n) is 7.66. The summed E-state index contributed by atoms with van der Waals surface area (Å²) < 4.78 is 5.49. The topological polar surface area (TPSA) is 49.9 Å². The van der Waals surface area contributed by atoms with Gasteiger partial charge < -0.3 is 14.5 Å². The Bertz CT molecular complexity index is 611. The van der Waals surface area contributed by atoms with Crippen LogP contribution in [0.2, 0.25) is 0 Å². The van der Waals surface area contributed by atoms with E-state index in [9.17, 15) is 9.59 Å². The van der Waals surface area contributed by atoms with E-state index in [0.717, 1.165) is 44.3 Å². The van der Waals surface area contributed by atoms with Crippen LogP contribution >= 0.6 is 0 Å². The summed E-state index contributed by atoms with van der Waals surface area (Å²) in [6, 6.07) is 9.57. The van der Waals surface area contributed by atoms with Crippen molar-refractivity contribution in [2.24, 2.45) is 11.8 Å². The minimum absolute atomic E-state index is 0.0385.